The second-order valence-corrected chi connectivity index (χ2v) is 23.2. The van der Waals surface area contributed by atoms with Crippen LogP contribution in [0.25, 0.3) is 0 Å². The molecule has 0 radical (unpaired) electrons. The van der Waals surface area contributed by atoms with Crippen molar-refractivity contribution < 1.29 is 84.0 Å². The van der Waals surface area contributed by atoms with Crippen molar-refractivity contribution in [2.24, 2.45) is 44.3 Å². The molecule has 364 valence electrons. The normalized spacial score (nSPS) is 53.7. The molecule has 8 aliphatic rings. The smallest absolute Gasteiger partial charge is 0.335 e. The number of ketones is 1. The van der Waals surface area contributed by atoms with E-state index in [1.54, 1.807) is 0 Å². The van der Waals surface area contributed by atoms with Gasteiger partial charge in [0.15, 0.2) is 25.0 Å². The summed E-state index contributed by atoms with van der Waals surface area (Å²) in [6.07, 6.45) is -18.1. The van der Waals surface area contributed by atoms with Gasteiger partial charge in [0, 0.05) is 17.8 Å². The van der Waals surface area contributed by atoms with Gasteiger partial charge in [0.25, 0.3) is 0 Å². The van der Waals surface area contributed by atoms with Gasteiger partial charge in [-0.2, -0.15) is 0 Å². The van der Waals surface area contributed by atoms with Gasteiger partial charge in [0.05, 0.1) is 24.9 Å². The topological polar surface area (TPSA) is 272 Å². The molecule has 0 aromatic carbocycles. The molecule has 0 bridgehead atoms. The molecular weight excluding hydrogens is 837 g/mol. The summed E-state index contributed by atoms with van der Waals surface area (Å²) < 4.78 is 36.1. The number of carbonyl (C=O) groups is 2. The Bertz CT molecular complexity index is 1840. The van der Waals surface area contributed by atoms with Gasteiger partial charge in [0.2, 0.25) is 0 Å². The predicted molar refractivity (Wildman–Crippen MR) is 224 cm³/mol. The summed E-state index contributed by atoms with van der Waals surface area (Å²) in [6, 6.07) is 0. The van der Waals surface area contributed by atoms with Crippen molar-refractivity contribution in [3.05, 3.63) is 11.1 Å². The summed E-state index contributed by atoms with van der Waals surface area (Å²) in [6.45, 7) is 18.7. The first-order valence-corrected chi connectivity index (χ1v) is 23.4. The van der Waals surface area contributed by atoms with Gasteiger partial charge in [-0.05, 0) is 91.3 Å². The molecule has 0 spiro atoms. The molecule has 0 amide bonds. The Morgan fingerprint density at radius 2 is 1.34 bits per heavy atom. The third-order valence-corrected chi connectivity index (χ3v) is 18.6. The van der Waals surface area contributed by atoms with Gasteiger partial charge in [0.1, 0.15) is 60.7 Å². The van der Waals surface area contributed by atoms with Gasteiger partial charge in [-0.25, -0.2) is 4.79 Å². The zero-order valence-electron chi connectivity index (χ0n) is 38.8. The standard InChI is InChI=1S/C47H74O17/c1-20-28(51)30(53)33(56)39(60-20)63-35-29(52)24(49)19-59-40(35)64-36-32(55)31(54)34(38(57)58)62-41(36)61-27-11-12-45(7)25(43(27,4)5)10-13-47(9)37(45)23(48)16-21-22-17-42(2,3)18-26(50)44(22,6)14-15-46(21,47)8/h20,24-37,39-41,49-56H,10-19H2,1-9H3,(H,57,58)/t20-,24+,25-,26+,27+,28+,29+,30+,31-,32-,33-,34-,35-,36+,37-,39+,40-,41+,44-,45+,46-,47-/m1/s1. The minimum Gasteiger partial charge on any atom is -0.479 e. The second kappa shape index (κ2) is 16.5. The number of rotatable bonds is 7. The first-order valence-electron chi connectivity index (χ1n) is 23.4. The number of aliphatic hydroxyl groups is 8. The van der Waals surface area contributed by atoms with Gasteiger partial charge < -0.3 is 74.4 Å². The Balaban J connectivity index is 1.06. The van der Waals surface area contributed by atoms with Gasteiger partial charge in [-0.15, -0.1) is 0 Å². The maximum absolute atomic E-state index is 15.0. The van der Waals surface area contributed by atoms with E-state index in [1.807, 2.05) is 0 Å². The molecule has 17 heteroatoms. The Kier molecular flexibility index (Phi) is 12.6. The average molecular weight is 911 g/mol. The Morgan fingerprint density at radius 1 is 0.688 bits per heavy atom. The highest BCUT2D eigenvalue weighted by Gasteiger charge is 2.71. The molecule has 64 heavy (non-hydrogen) atoms. The second-order valence-electron chi connectivity index (χ2n) is 23.2. The summed E-state index contributed by atoms with van der Waals surface area (Å²) in [5.74, 6) is -1.61. The van der Waals surface area contributed by atoms with Crippen molar-refractivity contribution in [1.82, 2.24) is 0 Å². The van der Waals surface area contributed by atoms with Crippen molar-refractivity contribution >= 4 is 11.8 Å². The van der Waals surface area contributed by atoms with E-state index in [1.165, 1.54) is 18.1 Å². The molecule has 5 aliphatic carbocycles. The minimum absolute atomic E-state index is 0.0362. The van der Waals surface area contributed by atoms with Crippen LogP contribution >= 0.6 is 0 Å². The van der Waals surface area contributed by atoms with Crippen LogP contribution in [0, 0.1) is 44.3 Å². The molecule has 9 N–H and O–H groups in total. The molecule has 3 saturated heterocycles. The summed E-state index contributed by atoms with van der Waals surface area (Å²) in [5.41, 5.74) is 0.426. The van der Waals surface area contributed by atoms with Gasteiger partial charge in [-0.1, -0.05) is 66.5 Å². The van der Waals surface area contributed by atoms with Crippen LogP contribution in [0.4, 0.5) is 0 Å². The van der Waals surface area contributed by atoms with Crippen molar-refractivity contribution in [2.45, 2.75) is 218 Å². The zero-order chi connectivity index (χ0) is 47.0. The average Bonchev–Trinajstić information content (AvgIpc) is 3.20. The van der Waals surface area contributed by atoms with Crippen molar-refractivity contribution in [2.75, 3.05) is 6.61 Å². The summed E-state index contributed by atoms with van der Waals surface area (Å²) in [4.78, 5) is 27.4. The number of carbonyl (C=O) groups excluding carboxylic acids is 1. The SMILES string of the molecule is C[C@H]1O[C@@H](O[C@H]2[C@@H](O[C@@H]3[C@@H](O[C@H]4CC[C@@]5(C)[C@H](CC[C@]6(C)[C@@H]5C(=O)CC5=C7CC(C)(C)C[C@H](O)[C@]7(C)CC[C@]56C)C4(C)C)O[C@@H](C(=O)O)[C@H](O)[C@H]3O)OC[C@H](O)[C@@H]2O)[C@H](O)[C@@H](O)[C@H]1O. The largest absolute Gasteiger partial charge is 0.479 e. The van der Waals surface area contributed by atoms with Crippen LogP contribution in [0.5, 0.6) is 0 Å². The number of carboxylic acid groups (broad SMARTS) is 1. The Morgan fingerprint density at radius 3 is 2.02 bits per heavy atom. The number of fused-ring (bicyclic) bond motifs is 6. The maximum atomic E-state index is 15.0. The van der Waals surface area contributed by atoms with E-state index < -0.39 is 122 Å². The highest BCUT2D eigenvalue weighted by molar-refractivity contribution is 5.88. The summed E-state index contributed by atoms with van der Waals surface area (Å²) >= 11 is 0. The lowest BCUT2D eigenvalue weighted by Gasteiger charge is -2.70. The number of hydrogen-bond acceptors (Lipinski definition) is 16. The molecule has 7 fully saturated rings. The fourth-order valence-electron chi connectivity index (χ4n) is 14.6. The van der Waals surface area contributed by atoms with Crippen LogP contribution in [0.2, 0.25) is 0 Å². The fraction of sp³-hybridized carbons (Fsp3) is 0.915. The van der Waals surface area contributed by atoms with Crippen LogP contribution < -0.4 is 0 Å². The first-order chi connectivity index (χ1) is 29.6. The molecule has 22 atom stereocenters. The van der Waals surface area contributed by atoms with E-state index in [9.17, 15) is 50.8 Å². The van der Waals surface area contributed by atoms with E-state index in [0.29, 0.717) is 19.3 Å². The predicted octanol–water partition coefficient (Wildman–Crippen LogP) is 1.69. The van der Waals surface area contributed by atoms with Crippen LogP contribution in [0.15, 0.2) is 11.1 Å². The molecule has 8 rings (SSSR count). The summed E-state index contributed by atoms with van der Waals surface area (Å²) in [5, 5.41) is 97.3. The fourth-order valence-corrected chi connectivity index (χ4v) is 14.6. The molecule has 0 unspecified atom stereocenters. The van der Waals surface area contributed by atoms with Crippen molar-refractivity contribution in [1.29, 1.82) is 0 Å². The molecule has 17 nitrogen and oxygen atoms in total. The number of Topliss-reactive ketones (excluding diaryl/α,β-unsaturated/α-hetero) is 1. The third-order valence-electron chi connectivity index (χ3n) is 18.6. The van der Waals surface area contributed by atoms with Crippen molar-refractivity contribution in [3.63, 3.8) is 0 Å². The van der Waals surface area contributed by atoms with Gasteiger partial charge >= 0.3 is 5.97 Å². The van der Waals surface area contributed by atoms with E-state index in [4.69, 9.17) is 28.4 Å². The number of aliphatic carboxylic acids is 1. The van der Waals surface area contributed by atoms with E-state index in [0.717, 1.165) is 38.5 Å². The molecule has 4 saturated carbocycles. The van der Waals surface area contributed by atoms with Crippen molar-refractivity contribution in [3.8, 4) is 0 Å². The lowest BCUT2D eigenvalue weighted by atomic mass is 9.33. The number of hydrogen-bond donors (Lipinski definition) is 9. The van der Waals surface area contributed by atoms with E-state index >= 15 is 4.79 Å². The Hall–Kier alpha value is -1.68. The number of ether oxygens (including phenoxy) is 6. The molecular formula is C47H74O17. The Labute approximate surface area is 375 Å². The monoisotopic (exact) mass is 910 g/mol. The van der Waals surface area contributed by atoms with Crippen LogP contribution in [0.3, 0.4) is 0 Å². The van der Waals surface area contributed by atoms with E-state index in [2.05, 4.69) is 55.4 Å². The minimum atomic E-state index is -2.00. The highest BCUT2D eigenvalue weighted by Crippen LogP contribution is 2.75. The molecule has 0 aromatic heterocycles. The number of carboxylic acids is 1. The molecule has 3 heterocycles. The maximum Gasteiger partial charge on any atom is 0.335 e. The first kappa shape index (κ1) is 48.8. The number of allylic oxidation sites excluding steroid dienone is 1. The van der Waals surface area contributed by atoms with Crippen LogP contribution in [-0.4, -0.2) is 163 Å². The zero-order valence-corrected chi connectivity index (χ0v) is 38.8. The number of aliphatic hydroxyl groups excluding tert-OH is 8. The summed E-state index contributed by atoms with van der Waals surface area (Å²) in [7, 11) is 0. The lowest BCUT2D eigenvalue weighted by Crippen LogP contribution is -2.68. The van der Waals surface area contributed by atoms with E-state index in [-0.39, 0.29) is 39.3 Å². The lowest BCUT2D eigenvalue weighted by molar-refractivity contribution is -0.386. The molecule has 0 aromatic rings. The quantitative estimate of drug-likeness (QED) is 0.130. The third kappa shape index (κ3) is 7.40. The molecule has 3 aliphatic heterocycles. The highest BCUT2D eigenvalue weighted by atomic mass is 16.8. The van der Waals surface area contributed by atoms with Crippen LogP contribution in [0.1, 0.15) is 120 Å². The van der Waals surface area contributed by atoms with Gasteiger partial charge in [-0.3, -0.25) is 4.79 Å². The van der Waals surface area contributed by atoms with Crippen LogP contribution in [-0.2, 0) is 38.0 Å².